The zero-order chi connectivity index (χ0) is 14.4. The summed E-state index contributed by atoms with van der Waals surface area (Å²) in [5.74, 6) is -1.36. The molecule has 0 aliphatic rings. The summed E-state index contributed by atoms with van der Waals surface area (Å²) in [6, 6.07) is 6.35. The zero-order valence-corrected chi connectivity index (χ0v) is 12.3. The van der Waals surface area contributed by atoms with Crippen molar-refractivity contribution in [1.82, 2.24) is 5.32 Å². The second-order valence-electron chi connectivity index (χ2n) is 4.35. The van der Waals surface area contributed by atoms with E-state index in [1.807, 2.05) is 18.2 Å². The Balaban J connectivity index is 2.52. The molecule has 0 aromatic heterocycles. The number of amides is 1. The van der Waals surface area contributed by atoms with Crippen molar-refractivity contribution >= 4 is 35.2 Å². The number of aliphatic carboxylic acids is 1. The molecule has 1 unspecified atom stereocenters. The molecule has 6 heteroatoms. The lowest BCUT2D eigenvalue weighted by atomic mass is 10.1. The molecule has 0 radical (unpaired) electrons. The average Bonchev–Trinajstić information content (AvgIpc) is 2.34. The fourth-order valence-electron chi connectivity index (χ4n) is 1.43. The van der Waals surface area contributed by atoms with Gasteiger partial charge >= 0.3 is 5.97 Å². The number of thioether (sulfide) groups is 1. The Hall–Kier alpha value is -1.20. The van der Waals surface area contributed by atoms with E-state index >= 15 is 0 Å². The van der Waals surface area contributed by atoms with Crippen LogP contribution in [0.25, 0.3) is 0 Å². The third kappa shape index (κ3) is 5.12. The highest BCUT2D eigenvalue weighted by atomic mass is 35.5. The first-order chi connectivity index (χ1) is 8.91. The minimum atomic E-state index is -1.02. The third-order valence-corrected chi connectivity index (χ3v) is 3.96. The molecule has 0 fully saturated rings. The van der Waals surface area contributed by atoms with Crippen LogP contribution in [0.4, 0.5) is 0 Å². The molecule has 1 rings (SSSR count). The topological polar surface area (TPSA) is 66.4 Å². The SMILES string of the molecule is CC(C)C(NC(=O)CSc1ccccc1Cl)C(=O)O. The number of carboxylic acids is 1. The van der Waals surface area contributed by atoms with Gasteiger partial charge in [0.15, 0.2) is 0 Å². The minimum Gasteiger partial charge on any atom is -0.480 e. The standard InChI is InChI=1S/C13H16ClNO3S/c1-8(2)12(13(17)18)15-11(16)7-19-10-6-4-3-5-9(10)14/h3-6,8,12H,7H2,1-2H3,(H,15,16)(H,17,18). The second-order valence-corrected chi connectivity index (χ2v) is 5.77. The van der Waals surface area contributed by atoms with E-state index in [9.17, 15) is 9.59 Å². The maximum Gasteiger partial charge on any atom is 0.326 e. The van der Waals surface area contributed by atoms with E-state index in [1.165, 1.54) is 11.8 Å². The van der Waals surface area contributed by atoms with E-state index in [4.69, 9.17) is 16.7 Å². The number of carbonyl (C=O) groups is 2. The van der Waals surface area contributed by atoms with Gasteiger partial charge in [0.05, 0.1) is 10.8 Å². The molecule has 2 N–H and O–H groups in total. The molecule has 1 aromatic carbocycles. The van der Waals surface area contributed by atoms with Gasteiger partial charge in [0.25, 0.3) is 0 Å². The monoisotopic (exact) mass is 301 g/mol. The van der Waals surface area contributed by atoms with Gasteiger partial charge in [-0.05, 0) is 18.1 Å². The van der Waals surface area contributed by atoms with Gasteiger partial charge in [-0.25, -0.2) is 4.79 Å². The van der Waals surface area contributed by atoms with Crippen molar-refractivity contribution in [2.75, 3.05) is 5.75 Å². The van der Waals surface area contributed by atoms with Gasteiger partial charge in [-0.15, -0.1) is 11.8 Å². The van der Waals surface area contributed by atoms with Crippen LogP contribution in [-0.2, 0) is 9.59 Å². The molecule has 1 atom stereocenters. The number of carboxylic acid groups (broad SMARTS) is 1. The first-order valence-corrected chi connectivity index (χ1v) is 7.17. The molecule has 0 aliphatic heterocycles. The summed E-state index contributed by atoms with van der Waals surface area (Å²) >= 11 is 7.25. The normalized spacial score (nSPS) is 12.2. The van der Waals surface area contributed by atoms with E-state index < -0.39 is 12.0 Å². The number of nitrogens with one attached hydrogen (secondary N) is 1. The Morgan fingerprint density at radius 1 is 1.37 bits per heavy atom. The number of halogens is 1. The van der Waals surface area contributed by atoms with E-state index in [0.29, 0.717) is 5.02 Å². The van der Waals surface area contributed by atoms with Gasteiger partial charge < -0.3 is 10.4 Å². The van der Waals surface area contributed by atoms with Crippen molar-refractivity contribution in [1.29, 1.82) is 0 Å². The molecule has 1 amide bonds. The van der Waals surface area contributed by atoms with Crippen LogP contribution in [0.3, 0.4) is 0 Å². The van der Waals surface area contributed by atoms with Crippen LogP contribution in [0.15, 0.2) is 29.2 Å². The van der Waals surface area contributed by atoms with E-state index in [2.05, 4.69) is 5.32 Å². The van der Waals surface area contributed by atoms with Crippen molar-refractivity contribution in [2.45, 2.75) is 24.8 Å². The first kappa shape index (κ1) is 15.9. The lowest BCUT2D eigenvalue weighted by Crippen LogP contribution is -2.45. The predicted molar refractivity (Wildman–Crippen MR) is 76.6 cm³/mol. The van der Waals surface area contributed by atoms with Crippen molar-refractivity contribution in [3.05, 3.63) is 29.3 Å². The average molecular weight is 302 g/mol. The summed E-state index contributed by atoms with van der Waals surface area (Å²) in [6.07, 6.45) is 0. The van der Waals surface area contributed by atoms with Crippen LogP contribution in [-0.4, -0.2) is 28.8 Å². The molecule has 0 aliphatic carbocycles. The number of carbonyl (C=O) groups excluding carboxylic acids is 1. The second kappa shape index (κ2) is 7.40. The van der Waals surface area contributed by atoms with Crippen molar-refractivity contribution in [3.63, 3.8) is 0 Å². The lowest BCUT2D eigenvalue weighted by Gasteiger charge is -2.17. The van der Waals surface area contributed by atoms with Crippen LogP contribution >= 0.6 is 23.4 Å². The van der Waals surface area contributed by atoms with Crippen molar-refractivity contribution < 1.29 is 14.7 Å². The van der Waals surface area contributed by atoms with Gasteiger partial charge in [0.1, 0.15) is 6.04 Å². The highest BCUT2D eigenvalue weighted by Crippen LogP contribution is 2.26. The minimum absolute atomic E-state index is 0.139. The van der Waals surface area contributed by atoms with Gasteiger partial charge in [-0.2, -0.15) is 0 Å². The van der Waals surface area contributed by atoms with E-state index in [0.717, 1.165) is 4.90 Å². The maximum atomic E-state index is 11.7. The smallest absolute Gasteiger partial charge is 0.326 e. The van der Waals surface area contributed by atoms with E-state index in [1.54, 1.807) is 19.9 Å². The van der Waals surface area contributed by atoms with Crippen molar-refractivity contribution in [2.24, 2.45) is 5.92 Å². The van der Waals surface area contributed by atoms with Crippen molar-refractivity contribution in [3.8, 4) is 0 Å². The largest absolute Gasteiger partial charge is 0.480 e. The van der Waals surface area contributed by atoms with Crippen LogP contribution in [0, 0.1) is 5.92 Å². The molecule has 104 valence electrons. The maximum absolute atomic E-state index is 11.7. The molecular weight excluding hydrogens is 286 g/mol. The molecule has 1 aromatic rings. The van der Waals surface area contributed by atoms with Crippen LogP contribution in [0.2, 0.25) is 5.02 Å². The summed E-state index contributed by atoms with van der Waals surface area (Å²) in [6.45, 7) is 3.50. The van der Waals surface area contributed by atoms with Gasteiger partial charge in [-0.1, -0.05) is 37.6 Å². The Bertz CT molecular complexity index is 465. The number of benzene rings is 1. The Morgan fingerprint density at radius 2 is 2.00 bits per heavy atom. The Labute approximate surface area is 121 Å². The van der Waals surface area contributed by atoms with Crippen LogP contribution in [0.1, 0.15) is 13.8 Å². The summed E-state index contributed by atoms with van der Waals surface area (Å²) in [4.78, 5) is 23.5. The summed E-state index contributed by atoms with van der Waals surface area (Å²) in [7, 11) is 0. The fourth-order valence-corrected chi connectivity index (χ4v) is 2.48. The molecule has 19 heavy (non-hydrogen) atoms. The van der Waals surface area contributed by atoms with Crippen LogP contribution < -0.4 is 5.32 Å². The molecule has 0 spiro atoms. The Morgan fingerprint density at radius 3 is 2.53 bits per heavy atom. The molecule has 0 saturated heterocycles. The first-order valence-electron chi connectivity index (χ1n) is 5.81. The van der Waals surface area contributed by atoms with Gasteiger partial charge in [0, 0.05) is 4.90 Å². The Kier molecular flexibility index (Phi) is 6.18. The molecule has 4 nitrogen and oxygen atoms in total. The third-order valence-electron chi connectivity index (χ3n) is 2.44. The molecular formula is C13H16ClNO3S. The van der Waals surface area contributed by atoms with Crippen LogP contribution in [0.5, 0.6) is 0 Å². The molecule has 0 heterocycles. The number of hydrogen-bond donors (Lipinski definition) is 2. The highest BCUT2D eigenvalue weighted by Gasteiger charge is 2.23. The van der Waals surface area contributed by atoms with Gasteiger partial charge in [-0.3, -0.25) is 4.79 Å². The summed E-state index contributed by atoms with van der Waals surface area (Å²) in [5.41, 5.74) is 0. The quantitative estimate of drug-likeness (QED) is 0.793. The van der Waals surface area contributed by atoms with E-state index in [-0.39, 0.29) is 17.6 Å². The summed E-state index contributed by atoms with van der Waals surface area (Å²) < 4.78 is 0. The summed E-state index contributed by atoms with van der Waals surface area (Å²) in [5, 5.41) is 12.1. The zero-order valence-electron chi connectivity index (χ0n) is 10.7. The number of rotatable bonds is 6. The van der Waals surface area contributed by atoms with Gasteiger partial charge in [0.2, 0.25) is 5.91 Å². The molecule has 0 saturated carbocycles. The molecule has 0 bridgehead atoms. The number of hydrogen-bond acceptors (Lipinski definition) is 3. The lowest BCUT2D eigenvalue weighted by molar-refractivity contribution is -0.142. The highest BCUT2D eigenvalue weighted by molar-refractivity contribution is 8.00. The predicted octanol–water partition coefficient (Wildman–Crippen LogP) is 2.66. The fraction of sp³-hybridized carbons (Fsp3) is 0.385.